The molecule has 0 bridgehead atoms. The molecule has 1 N–H and O–H groups in total. The Bertz CT molecular complexity index is 381. The Balaban J connectivity index is 2.02. The average Bonchev–Trinajstić information content (AvgIpc) is 2.45. The van der Waals surface area contributed by atoms with Crippen LogP contribution in [0.25, 0.3) is 0 Å². The Kier molecular flexibility index (Phi) is 5.26. The third-order valence-corrected chi connectivity index (χ3v) is 4.22. The van der Waals surface area contributed by atoms with Crippen LogP contribution in [0.3, 0.4) is 0 Å². The summed E-state index contributed by atoms with van der Waals surface area (Å²) in [5.41, 5.74) is 2.80. The van der Waals surface area contributed by atoms with E-state index in [1.807, 2.05) is 0 Å². The highest BCUT2D eigenvalue weighted by Gasteiger charge is 2.16. The molecule has 2 heteroatoms. The number of rotatable bonds is 5. The minimum absolute atomic E-state index is 0.448. The smallest absolute Gasteiger partial charge is 0.0369 e. The van der Waals surface area contributed by atoms with Crippen molar-refractivity contribution in [3.05, 3.63) is 29.8 Å². The number of hydrogen-bond donors (Lipinski definition) is 1. The topological polar surface area (TPSA) is 15.3 Å². The quantitative estimate of drug-likeness (QED) is 0.861. The number of hydrogen-bond acceptors (Lipinski definition) is 2. The molecule has 1 fully saturated rings. The summed E-state index contributed by atoms with van der Waals surface area (Å²) in [6.45, 7) is 10.3. The van der Waals surface area contributed by atoms with Gasteiger partial charge in [-0.05, 0) is 56.3 Å². The van der Waals surface area contributed by atoms with Crippen LogP contribution in [-0.4, -0.2) is 19.6 Å². The predicted octanol–water partition coefficient (Wildman–Crippen LogP) is 3.98. The van der Waals surface area contributed by atoms with Crippen molar-refractivity contribution in [1.82, 2.24) is 5.32 Å². The number of nitrogens with one attached hydrogen (secondary N) is 1. The zero-order chi connectivity index (χ0) is 13.7. The second kappa shape index (κ2) is 6.95. The average molecular weight is 260 g/mol. The molecule has 0 spiro atoms. The number of piperidine rings is 1. The molecule has 1 heterocycles. The molecule has 1 aliphatic heterocycles. The highest BCUT2D eigenvalue weighted by atomic mass is 15.1. The van der Waals surface area contributed by atoms with Gasteiger partial charge in [-0.1, -0.05) is 26.0 Å². The first-order valence-electron chi connectivity index (χ1n) is 7.79. The van der Waals surface area contributed by atoms with Gasteiger partial charge in [0.25, 0.3) is 0 Å². The van der Waals surface area contributed by atoms with Crippen LogP contribution >= 0.6 is 0 Å². The fourth-order valence-electron chi connectivity index (χ4n) is 2.74. The zero-order valence-corrected chi connectivity index (χ0v) is 12.7. The molecule has 0 amide bonds. The van der Waals surface area contributed by atoms with Gasteiger partial charge in [0.1, 0.15) is 0 Å². The fraction of sp³-hybridized carbons (Fsp3) is 0.647. The Morgan fingerprint density at radius 1 is 1.32 bits per heavy atom. The van der Waals surface area contributed by atoms with Gasteiger partial charge in [-0.2, -0.15) is 0 Å². The normalized spacial score (nSPS) is 18.6. The number of benzene rings is 1. The summed E-state index contributed by atoms with van der Waals surface area (Å²) in [5.74, 6) is 0.893. The van der Waals surface area contributed by atoms with E-state index in [4.69, 9.17) is 0 Å². The Morgan fingerprint density at radius 3 is 2.74 bits per heavy atom. The van der Waals surface area contributed by atoms with Gasteiger partial charge in [0, 0.05) is 24.8 Å². The van der Waals surface area contributed by atoms with Gasteiger partial charge in [-0.25, -0.2) is 0 Å². The van der Waals surface area contributed by atoms with E-state index >= 15 is 0 Å². The number of nitrogens with zero attached hydrogens (tertiary/aromatic N) is 1. The molecule has 1 unspecified atom stereocenters. The summed E-state index contributed by atoms with van der Waals surface area (Å²) >= 11 is 0. The molecule has 1 atom stereocenters. The lowest BCUT2D eigenvalue weighted by molar-refractivity contribution is 0.438. The van der Waals surface area contributed by atoms with E-state index in [0.29, 0.717) is 6.04 Å². The van der Waals surface area contributed by atoms with Crippen molar-refractivity contribution in [1.29, 1.82) is 0 Å². The molecule has 0 saturated carbocycles. The summed E-state index contributed by atoms with van der Waals surface area (Å²) in [4.78, 5) is 2.54. The van der Waals surface area contributed by atoms with Crippen LogP contribution in [0, 0.1) is 5.92 Å². The lowest BCUT2D eigenvalue weighted by atomic mass is 9.98. The molecule has 1 aromatic carbocycles. The molecule has 2 nitrogen and oxygen atoms in total. The van der Waals surface area contributed by atoms with Crippen molar-refractivity contribution in [2.24, 2.45) is 5.92 Å². The van der Waals surface area contributed by atoms with Crippen LogP contribution in [0.2, 0.25) is 0 Å². The maximum atomic E-state index is 3.57. The van der Waals surface area contributed by atoms with Crippen molar-refractivity contribution < 1.29 is 0 Å². The van der Waals surface area contributed by atoms with E-state index in [1.165, 1.54) is 43.6 Å². The van der Waals surface area contributed by atoms with E-state index < -0.39 is 0 Å². The highest BCUT2D eigenvalue weighted by Crippen LogP contribution is 2.25. The first-order valence-corrected chi connectivity index (χ1v) is 7.79. The molecule has 19 heavy (non-hydrogen) atoms. The van der Waals surface area contributed by atoms with Gasteiger partial charge in [-0.15, -0.1) is 0 Å². The predicted molar refractivity (Wildman–Crippen MR) is 83.8 cm³/mol. The molecule has 0 radical (unpaired) electrons. The van der Waals surface area contributed by atoms with Gasteiger partial charge in [0.15, 0.2) is 0 Å². The summed E-state index contributed by atoms with van der Waals surface area (Å²) in [6.07, 6.45) is 3.84. The minimum Gasteiger partial charge on any atom is -0.372 e. The number of anilines is 1. The fourth-order valence-corrected chi connectivity index (χ4v) is 2.74. The molecular weight excluding hydrogens is 232 g/mol. The molecule has 1 aliphatic rings. The first kappa shape index (κ1) is 14.4. The van der Waals surface area contributed by atoms with Crippen LogP contribution in [-0.2, 0) is 0 Å². The lowest BCUT2D eigenvalue weighted by Gasteiger charge is -2.32. The van der Waals surface area contributed by atoms with Crippen molar-refractivity contribution >= 4 is 5.69 Å². The van der Waals surface area contributed by atoms with Gasteiger partial charge in [0.05, 0.1) is 0 Å². The van der Waals surface area contributed by atoms with E-state index in [9.17, 15) is 0 Å². The van der Waals surface area contributed by atoms with E-state index in [-0.39, 0.29) is 0 Å². The Morgan fingerprint density at radius 2 is 2.05 bits per heavy atom. The van der Waals surface area contributed by atoms with E-state index in [0.717, 1.165) is 12.5 Å². The highest BCUT2D eigenvalue weighted by molar-refractivity contribution is 5.49. The van der Waals surface area contributed by atoms with Crippen LogP contribution in [0.4, 0.5) is 5.69 Å². The van der Waals surface area contributed by atoms with Crippen LogP contribution in [0.5, 0.6) is 0 Å². The molecular formula is C17H28N2. The van der Waals surface area contributed by atoms with Crippen molar-refractivity contribution in [3.8, 4) is 0 Å². The first-order chi connectivity index (χ1) is 9.20. The van der Waals surface area contributed by atoms with Gasteiger partial charge in [0.2, 0.25) is 0 Å². The summed E-state index contributed by atoms with van der Waals surface area (Å²) in [6, 6.07) is 9.51. The van der Waals surface area contributed by atoms with Gasteiger partial charge >= 0.3 is 0 Å². The van der Waals surface area contributed by atoms with Crippen molar-refractivity contribution in [3.63, 3.8) is 0 Å². The Hall–Kier alpha value is -1.02. The Labute approximate surface area is 118 Å². The van der Waals surface area contributed by atoms with Crippen molar-refractivity contribution in [2.45, 2.75) is 46.1 Å². The molecule has 106 valence electrons. The largest absolute Gasteiger partial charge is 0.372 e. The van der Waals surface area contributed by atoms with Gasteiger partial charge in [-0.3, -0.25) is 0 Å². The molecule has 1 aromatic rings. The molecule has 2 rings (SSSR count). The third kappa shape index (κ3) is 3.97. The van der Waals surface area contributed by atoms with E-state index in [1.54, 1.807) is 0 Å². The standard InChI is InChI=1S/C17H28N2/c1-4-10-18-15(3)16-6-5-7-17(13-16)19-11-8-14(2)9-12-19/h5-7,13-15,18H,4,8-12H2,1-3H3. The van der Waals surface area contributed by atoms with Crippen molar-refractivity contribution in [2.75, 3.05) is 24.5 Å². The maximum absolute atomic E-state index is 3.57. The molecule has 0 aromatic heterocycles. The summed E-state index contributed by atoms with van der Waals surface area (Å²) < 4.78 is 0. The second-order valence-corrected chi connectivity index (χ2v) is 5.94. The molecule has 1 saturated heterocycles. The van der Waals surface area contributed by atoms with Crippen LogP contribution < -0.4 is 10.2 Å². The lowest BCUT2D eigenvalue weighted by Crippen LogP contribution is -2.32. The summed E-state index contributed by atoms with van der Waals surface area (Å²) in [5, 5.41) is 3.57. The third-order valence-electron chi connectivity index (χ3n) is 4.22. The van der Waals surface area contributed by atoms with Gasteiger partial charge < -0.3 is 10.2 Å². The van der Waals surface area contributed by atoms with E-state index in [2.05, 4.69) is 55.3 Å². The van der Waals surface area contributed by atoms with Crippen LogP contribution in [0.15, 0.2) is 24.3 Å². The monoisotopic (exact) mass is 260 g/mol. The second-order valence-electron chi connectivity index (χ2n) is 5.94. The zero-order valence-electron chi connectivity index (χ0n) is 12.7. The SMILES string of the molecule is CCCNC(C)c1cccc(N2CCC(C)CC2)c1. The summed E-state index contributed by atoms with van der Waals surface area (Å²) in [7, 11) is 0. The minimum atomic E-state index is 0.448. The van der Waals surface area contributed by atoms with Crippen LogP contribution in [0.1, 0.15) is 51.6 Å². The molecule has 0 aliphatic carbocycles. The maximum Gasteiger partial charge on any atom is 0.0369 e.